The first kappa shape index (κ1) is 33.1. The summed E-state index contributed by atoms with van der Waals surface area (Å²) in [5.41, 5.74) is 0.335. The van der Waals surface area contributed by atoms with Gasteiger partial charge in [-0.15, -0.1) is 0 Å². The molecule has 0 amide bonds. The summed E-state index contributed by atoms with van der Waals surface area (Å²) in [6.45, 7) is 0. The SMILES string of the molecule is O=C([O][Ge]([c]1ccccc1)([c]1ccccc1)[c]1ccccc1)c1ccccc1C(=O)[O][Ge]([c]1ccccc1)([c]1ccccc1)[c]1ccccc1. The van der Waals surface area contributed by atoms with Gasteiger partial charge in [-0.1, -0.05) is 0 Å². The Hall–Kier alpha value is -5.43. The van der Waals surface area contributed by atoms with Crippen molar-refractivity contribution in [2.45, 2.75) is 0 Å². The molecule has 0 spiro atoms. The molecule has 0 aromatic heterocycles. The van der Waals surface area contributed by atoms with Gasteiger partial charge in [0.25, 0.3) is 0 Å². The molecule has 7 aromatic carbocycles. The first-order chi connectivity index (χ1) is 24.6. The normalized spacial score (nSPS) is 11.4. The van der Waals surface area contributed by atoms with E-state index >= 15 is 0 Å². The van der Waals surface area contributed by atoms with Gasteiger partial charge >= 0.3 is 300 Å². The zero-order chi connectivity index (χ0) is 34.2. The predicted molar refractivity (Wildman–Crippen MR) is 205 cm³/mol. The molecule has 0 atom stereocenters. The average Bonchev–Trinajstić information content (AvgIpc) is 3.21. The quantitative estimate of drug-likeness (QED) is 0.177. The topological polar surface area (TPSA) is 52.6 Å². The molecule has 0 N–H and O–H groups in total. The molecule has 0 fully saturated rings. The summed E-state index contributed by atoms with van der Waals surface area (Å²) in [5.74, 6) is -1.13. The molecule has 0 radical (unpaired) electrons. The number of hydrogen-bond acceptors (Lipinski definition) is 4. The molecular weight excluding hydrogens is 738 g/mol. The van der Waals surface area contributed by atoms with Crippen LogP contribution < -0.4 is 26.4 Å². The third-order valence-corrected chi connectivity index (χ3v) is 25.4. The van der Waals surface area contributed by atoms with Crippen LogP contribution in [0.1, 0.15) is 20.7 Å². The Kier molecular flexibility index (Phi) is 9.92. The summed E-state index contributed by atoms with van der Waals surface area (Å²) in [6, 6.07) is 66.8. The molecule has 0 heterocycles. The molecule has 4 nitrogen and oxygen atoms in total. The standard InChI is InChI=1S/C44H34Ge2O4/c47-43(49-45(35-21-7-1-8-22-35,36-23-9-2-10-24-36)37-25-11-3-12-26-37)41-33-19-20-34-42(41)44(48)50-46(38-27-13-4-14-28-38,39-29-15-5-16-30-39)40-31-17-6-18-32-40/h1-34H. The summed E-state index contributed by atoms with van der Waals surface area (Å²) in [5, 5.41) is 0. The molecule has 6 heteroatoms. The third-order valence-electron chi connectivity index (χ3n) is 8.94. The van der Waals surface area contributed by atoms with Crippen LogP contribution in [0, 0.1) is 0 Å². The Morgan fingerprint density at radius 3 is 0.660 bits per heavy atom. The van der Waals surface area contributed by atoms with Crippen molar-refractivity contribution in [3.05, 3.63) is 217 Å². The van der Waals surface area contributed by atoms with Crippen molar-refractivity contribution in [1.82, 2.24) is 0 Å². The van der Waals surface area contributed by atoms with Gasteiger partial charge in [-0.2, -0.15) is 0 Å². The van der Waals surface area contributed by atoms with Crippen molar-refractivity contribution in [3.8, 4) is 0 Å². The summed E-state index contributed by atoms with van der Waals surface area (Å²) in [6.07, 6.45) is 0. The van der Waals surface area contributed by atoms with Gasteiger partial charge in [-0.3, -0.25) is 0 Å². The van der Waals surface area contributed by atoms with E-state index < -0.39 is 39.1 Å². The molecule has 242 valence electrons. The van der Waals surface area contributed by atoms with E-state index in [1.165, 1.54) is 0 Å². The molecule has 50 heavy (non-hydrogen) atoms. The second-order valence-corrected chi connectivity index (χ2v) is 25.7. The van der Waals surface area contributed by atoms with Crippen LogP contribution in [0.5, 0.6) is 0 Å². The molecule has 0 saturated carbocycles. The van der Waals surface area contributed by atoms with Gasteiger partial charge < -0.3 is 0 Å². The Balaban J connectivity index is 1.36. The maximum atomic E-state index is 14.7. The van der Waals surface area contributed by atoms with Gasteiger partial charge in [-0.25, -0.2) is 0 Å². The Labute approximate surface area is 298 Å². The number of rotatable bonds is 10. The minimum atomic E-state index is -4.16. The average molecular weight is 772 g/mol. The number of carbonyl (C=O) groups excluding carboxylic acids is 2. The van der Waals surface area contributed by atoms with E-state index in [2.05, 4.69) is 0 Å². The molecule has 0 aliphatic rings. The van der Waals surface area contributed by atoms with Gasteiger partial charge in [0.05, 0.1) is 0 Å². The summed E-state index contributed by atoms with van der Waals surface area (Å²) in [7, 11) is 0. The Bertz CT molecular complexity index is 1830. The maximum absolute atomic E-state index is 14.7. The molecule has 0 saturated heterocycles. The van der Waals surface area contributed by atoms with E-state index in [1.807, 2.05) is 182 Å². The molecule has 0 unspecified atom stereocenters. The molecule has 0 bridgehead atoms. The molecule has 7 rings (SSSR count). The van der Waals surface area contributed by atoms with Crippen molar-refractivity contribution in [2.24, 2.45) is 0 Å². The van der Waals surface area contributed by atoms with Crippen molar-refractivity contribution in [2.75, 3.05) is 0 Å². The van der Waals surface area contributed by atoms with Gasteiger partial charge in [0, 0.05) is 0 Å². The summed E-state index contributed by atoms with van der Waals surface area (Å²) >= 11 is -8.32. The monoisotopic (exact) mass is 774 g/mol. The van der Waals surface area contributed by atoms with Crippen molar-refractivity contribution in [3.63, 3.8) is 0 Å². The zero-order valence-electron chi connectivity index (χ0n) is 27.3. The van der Waals surface area contributed by atoms with Crippen LogP contribution in [0.2, 0.25) is 0 Å². The third kappa shape index (κ3) is 6.36. The van der Waals surface area contributed by atoms with E-state index in [0.717, 1.165) is 26.4 Å². The van der Waals surface area contributed by atoms with Gasteiger partial charge in [0.15, 0.2) is 0 Å². The van der Waals surface area contributed by atoms with Crippen LogP contribution in [0.25, 0.3) is 0 Å². The number of hydrogen-bond donors (Lipinski definition) is 0. The molecule has 0 aliphatic carbocycles. The summed E-state index contributed by atoms with van der Waals surface area (Å²) in [4.78, 5) is 29.4. The Morgan fingerprint density at radius 2 is 0.460 bits per heavy atom. The predicted octanol–water partition coefficient (Wildman–Crippen LogP) is 5.33. The van der Waals surface area contributed by atoms with E-state index in [-0.39, 0.29) is 11.1 Å². The van der Waals surface area contributed by atoms with E-state index in [4.69, 9.17) is 7.53 Å². The Morgan fingerprint density at radius 1 is 0.280 bits per heavy atom. The van der Waals surface area contributed by atoms with Crippen LogP contribution in [0.4, 0.5) is 0 Å². The van der Waals surface area contributed by atoms with Crippen molar-refractivity contribution in [1.29, 1.82) is 0 Å². The van der Waals surface area contributed by atoms with Gasteiger partial charge in [-0.05, 0) is 0 Å². The van der Waals surface area contributed by atoms with Crippen molar-refractivity contribution < 1.29 is 17.1 Å². The second-order valence-electron chi connectivity index (χ2n) is 11.9. The van der Waals surface area contributed by atoms with Crippen LogP contribution in [-0.4, -0.2) is 39.1 Å². The second kappa shape index (κ2) is 15.0. The van der Waals surface area contributed by atoms with Crippen LogP contribution >= 0.6 is 0 Å². The molecule has 7 aromatic rings. The number of carbonyl (C=O) groups is 2. The number of benzene rings is 7. The molecular formula is C44H34Ge2O4. The van der Waals surface area contributed by atoms with Crippen LogP contribution in [-0.2, 0) is 7.53 Å². The fraction of sp³-hybridized carbons (Fsp3) is 0. The van der Waals surface area contributed by atoms with E-state index in [1.54, 1.807) is 24.3 Å². The van der Waals surface area contributed by atoms with E-state index in [0.29, 0.717) is 0 Å². The zero-order valence-corrected chi connectivity index (χ0v) is 31.5. The van der Waals surface area contributed by atoms with Crippen LogP contribution in [0.3, 0.4) is 0 Å². The van der Waals surface area contributed by atoms with E-state index in [9.17, 15) is 9.59 Å². The van der Waals surface area contributed by atoms with Gasteiger partial charge in [0.1, 0.15) is 0 Å². The fourth-order valence-corrected chi connectivity index (χ4v) is 22.3. The first-order valence-electron chi connectivity index (χ1n) is 16.5. The van der Waals surface area contributed by atoms with Crippen molar-refractivity contribution >= 4 is 65.5 Å². The minimum absolute atomic E-state index is 0.167. The summed E-state index contributed by atoms with van der Waals surface area (Å²) < 4.78 is 19.6. The van der Waals surface area contributed by atoms with Crippen LogP contribution in [0.15, 0.2) is 206 Å². The molecule has 0 aliphatic heterocycles. The van der Waals surface area contributed by atoms with Gasteiger partial charge in [0.2, 0.25) is 0 Å². The fourth-order valence-electron chi connectivity index (χ4n) is 6.62. The first-order valence-corrected chi connectivity index (χ1v) is 24.5.